The number of para-hydroxylation sites is 1. The second kappa shape index (κ2) is 7.26. The summed E-state index contributed by atoms with van der Waals surface area (Å²) >= 11 is 0. The number of nitrogens with one attached hydrogen (secondary N) is 1. The molecule has 1 N–H and O–H groups in total. The molecule has 0 saturated heterocycles. The van der Waals surface area contributed by atoms with Gasteiger partial charge in [-0.05, 0) is 25.0 Å². The maximum absolute atomic E-state index is 12.6. The standard InChI is InChI=1S/C21H18N2O5/c24-17(12-23-16-9-5-4-8-15(16)18(25)21(23)27)28-19(13-6-2-1-3-7-13)20(26)22-14-10-11-14/h1-9,14,19H,10-12H2,(H,22,26)/t19-/m1/s1. The Morgan fingerprint density at radius 3 is 2.43 bits per heavy atom. The summed E-state index contributed by atoms with van der Waals surface area (Å²) in [6.07, 6.45) is 0.697. The molecule has 7 heteroatoms. The Labute approximate surface area is 161 Å². The molecule has 142 valence electrons. The van der Waals surface area contributed by atoms with Gasteiger partial charge in [-0.1, -0.05) is 42.5 Å². The van der Waals surface area contributed by atoms with Gasteiger partial charge in [0, 0.05) is 11.6 Å². The number of hydrogen-bond donors (Lipinski definition) is 1. The predicted octanol–water partition coefficient (Wildman–Crippen LogP) is 1.78. The molecule has 1 fully saturated rings. The minimum atomic E-state index is -1.11. The van der Waals surface area contributed by atoms with Gasteiger partial charge < -0.3 is 10.1 Å². The number of fused-ring (bicyclic) bond motifs is 1. The second-order valence-corrected chi connectivity index (χ2v) is 6.80. The number of carbonyl (C=O) groups excluding carboxylic acids is 4. The fraction of sp³-hybridized carbons (Fsp3) is 0.238. The third-order valence-electron chi connectivity index (χ3n) is 4.68. The lowest BCUT2D eigenvalue weighted by atomic mass is 10.1. The van der Waals surface area contributed by atoms with Gasteiger partial charge in [0.2, 0.25) is 6.10 Å². The zero-order valence-electron chi connectivity index (χ0n) is 15.0. The largest absolute Gasteiger partial charge is 0.446 e. The second-order valence-electron chi connectivity index (χ2n) is 6.80. The van der Waals surface area contributed by atoms with Crippen LogP contribution in [0.3, 0.4) is 0 Å². The van der Waals surface area contributed by atoms with Crippen molar-refractivity contribution in [3.8, 4) is 0 Å². The maximum atomic E-state index is 12.6. The number of amides is 2. The number of hydrogen-bond acceptors (Lipinski definition) is 5. The number of ketones is 1. The van der Waals surface area contributed by atoms with E-state index in [0.717, 1.165) is 17.7 Å². The molecular formula is C21H18N2O5. The fourth-order valence-corrected chi connectivity index (χ4v) is 3.11. The van der Waals surface area contributed by atoms with Crippen LogP contribution in [0.4, 0.5) is 5.69 Å². The van der Waals surface area contributed by atoms with Crippen LogP contribution in [-0.2, 0) is 19.1 Å². The number of Topliss-reactive ketones (excluding diaryl/α,β-unsaturated/α-hetero) is 1. The van der Waals surface area contributed by atoms with Crippen molar-refractivity contribution in [1.29, 1.82) is 0 Å². The smallest absolute Gasteiger partial charge is 0.327 e. The van der Waals surface area contributed by atoms with Crippen molar-refractivity contribution in [2.75, 3.05) is 11.4 Å². The van der Waals surface area contributed by atoms with Gasteiger partial charge in [0.05, 0.1) is 11.3 Å². The Kier molecular flexibility index (Phi) is 4.65. The number of carbonyl (C=O) groups is 4. The molecule has 1 saturated carbocycles. The summed E-state index contributed by atoms with van der Waals surface area (Å²) in [4.78, 5) is 50.5. The van der Waals surface area contributed by atoms with E-state index in [1.165, 1.54) is 6.07 Å². The number of ether oxygens (including phenoxy) is 1. The van der Waals surface area contributed by atoms with Crippen LogP contribution in [-0.4, -0.2) is 36.2 Å². The molecule has 2 amide bonds. The van der Waals surface area contributed by atoms with E-state index in [2.05, 4.69) is 5.32 Å². The third kappa shape index (κ3) is 3.51. The molecule has 2 aromatic carbocycles. The molecule has 28 heavy (non-hydrogen) atoms. The maximum Gasteiger partial charge on any atom is 0.327 e. The number of rotatable bonds is 6. The SMILES string of the molecule is O=C(CN1C(=O)C(=O)c2ccccc21)O[C@@H](C(=O)NC1CC1)c1ccccc1. The summed E-state index contributed by atoms with van der Waals surface area (Å²) in [5.74, 6) is -2.60. The van der Waals surface area contributed by atoms with Crippen LogP contribution < -0.4 is 10.2 Å². The van der Waals surface area contributed by atoms with Crippen LogP contribution in [0.2, 0.25) is 0 Å². The van der Waals surface area contributed by atoms with Crippen molar-refractivity contribution < 1.29 is 23.9 Å². The lowest BCUT2D eigenvalue weighted by molar-refractivity contribution is -0.155. The number of nitrogens with zero attached hydrogens (tertiary/aromatic N) is 1. The van der Waals surface area contributed by atoms with Gasteiger partial charge >= 0.3 is 5.97 Å². The summed E-state index contributed by atoms with van der Waals surface area (Å²) in [5.41, 5.74) is 1.16. The van der Waals surface area contributed by atoms with Crippen LogP contribution >= 0.6 is 0 Å². The molecule has 1 atom stereocenters. The molecule has 0 bridgehead atoms. The Hall–Kier alpha value is -3.48. The first-order valence-corrected chi connectivity index (χ1v) is 9.04. The number of esters is 1. The zero-order chi connectivity index (χ0) is 19.7. The fourth-order valence-electron chi connectivity index (χ4n) is 3.11. The van der Waals surface area contributed by atoms with E-state index in [9.17, 15) is 19.2 Å². The van der Waals surface area contributed by atoms with Gasteiger partial charge in [-0.3, -0.25) is 24.1 Å². The summed E-state index contributed by atoms with van der Waals surface area (Å²) in [5, 5.41) is 2.83. The molecule has 7 nitrogen and oxygen atoms in total. The molecule has 1 aliphatic carbocycles. The van der Waals surface area contributed by atoms with Gasteiger partial charge in [-0.15, -0.1) is 0 Å². The van der Waals surface area contributed by atoms with Crippen molar-refractivity contribution >= 4 is 29.3 Å². The Balaban J connectivity index is 1.51. The molecule has 1 heterocycles. The van der Waals surface area contributed by atoms with E-state index in [1.807, 2.05) is 0 Å². The van der Waals surface area contributed by atoms with Crippen molar-refractivity contribution in [2.24, 2.45) is 0 Å². The molecule has 4 rings (SSSR count). The average Bonchev–Trinajstić information content (AvgIpc) is 3.50. The van der Waals surface area contributed by atoms with E-state index in [4.69, 9.17) is 4.74 Å². The normalized spacial score (nSPS) is 16.5. The highest BCUT2D eigenvalue weighted by atomic mass is 16.5. The van der Waals surface area contributed by atoms with Gasteiger partial charge in [0.25, 0.3) is 17.6 Å². The van der Waals surface area contributed by atoms with Crippen LogP contribution in [0.5, 0.6) is 0 Å². The molecule has 1 aliphatic heterocycles. The van der Waals surface area contributed by atoms with E-state index >= 15 is 0 Å². The first kappa shape index (κ1) is 17.9. The van der Waals surface area contributed by atoms with E-state index in [-0.39, 0.29) is 11.6 Å². The zero-order valence-corrected chi connectivity index (χ0v) is 15.0. The van der Waals surface area contributed by atoms with Crippen molar-refractivity contribution in [1.82, 2.24) is 5.32 Å². The quantitative estimate of drug-likeness (QED) is 0.611. The lowest BCUT2D eigenvalue weighted by Crippen LogP contribution is -2.38. The van der Waals surface area contributed by atoms with Crippen LogP contribution in [0, 0.1) is 0 Å². The van der Waals surface area contributed by atoms with E-state index < -0.39 is 36.2 Å². The highest BCUT2D eigenvalue weighted by Crippen LogP contribution is 2.29. The van der Waals surface area contributed by atoms with Gasteiger partial charge in [0.15, 0.2) is 0 Å². The van der Waals surface area contributed by atoms with Crippen LogP contribution in [0.1, 0.15) is 34.9 Å². The van der Waals surface area contributed by atoms with Crippen LogP contribution in [0.25, 0.3) is 0 Å². The van der Waals surface area contributed by atoms with E-state index in [1.54, 1.807) is 48.5 Å². The molecule has 0 radical (unpaired) electrons. The highest BCUT2D eigenvalue weighted by molar-refractivity contribution is 6.52. The highest BCUT2D eigenvalue weighted by Gasteiger charge is 2.38. The van der Waals surface area contributed by atoms with Gasteiger partial charge in [-0.2, -0.15) is 0 Å². The average molecular weight is 378 g/mol. The Morgan fingerprint density at radius 1 is 1.04 bits per heavy atom. The lowest BCUT2D eigenvalue weighted by Gasteiger charge is -2.20. The minimum absolute atomic E-state index is 0.113. The van der Waals surface area contributed by atoms with Gasteiger partial charge in [-0.25, -0.2) is 0 Å². The summed E-state index contributed by atoms with van der Waals surface area (Å²) < 4.78 is 5.43. The Bertz CT molecular complexity index is 952. The van der Waals surface area contributed by atoms with Gasteiger partial charge in [0.1, 0.15) is 6.54 Å². The number of anilines is 1. The van der Waals surface area contributed by atoms with Crippen LogP contribution in [0.15, 0.2) is 54.6 Å². The molecule has 0 spiro atoms. The number of benzene rings is 2. The summed E-state index contributed by atoms with van der Waals surface area (Å²) in [7, 11) is 0. The summed E-state index contributed by atoms with van der Waals surface area (Å²) in [6, 6.07) is 15.3. The molecule has 0 aromatic heterocycles. The molecule has 2 aliphatic rings. The third-order valence-corrected chi connectivity index (χ3v) is 4.68. The van der Waals surface area contributed by atoms with Crippen molar-refractivity contribution in [3.63, 3.8) is 0 Å². The topological polar surface area (TPSA) is 92.8 Å². The summed E-state index contributed by atoms with van der Waals surface area (Å²) in [6.45, 7) is -0.443. The molecule has 2 aromatic rings. The first-order valence-electron chi connectivity index (χ1n) is 9.04. The van der Waals surface area contributed by atoms with Crippen molar-refractivity contribution in [2.45, 2.75) is 25.0 Å². The minimum Gasteiger partial charge on any atom is -0.446 e. The molecular weight excluding hydrogens is 360 g/mol. The molecule has 0 unspecified atom stereocenters. The first-order chi connectivity index (χ1) is 13.5. The predicted molar refractivity (Wildman–Crippen MR) is 99.6 cm³/mol. The van der Waals surface area contributed by atoms with E-state index in [0.29, 0.717) is 11.3 Å². The monoisotopic (exact) mass is 378 g/mol. The Morgan fingerprint density at radius 2 is 1.71 bits per heavy atom. The van der Waals surface area contributed by atoms with Crippen molar-refractivity contribution in [3.05, 3.63) is 65.7 Å².